The number of benzene rings is 1. The van der Waals surface area contributed by atoms with Crippen LogP contribution in [0.4, 0.5) is 10.5 Å². The monoisotopic (exact) mass is 581 g/mol. The first-order valence-electron chi connectivity index (χ1n) is 14.1. The van der Waals surface area contributed by atoms with Gasteiger partial charge in [-0.05, 0) is 73.1 Å². The molecule has 41 heavy (non-hydrogen) atoms. The molecule has 1 aromatic carbocycles. The van der Waals surface area contributed by atoms with Crippen LogP contribution in [0.25, 0.3) is 11.1 Å². The lowest BCUT2D eigenvalue weighted by Crippen LogP contribution is -2.54. The van der Waals surface area contributed by atoms with Crippen molar-refractivity contribution in [3.8, 4) is 17.0 Å². The molecule has 2 aromatic rings. The molecule has 218 valence electrons. The lowest BCUT2D eigenvalue weighted by atomic mass is 9.87. The van der Waals surface area contributed by atoms with Crippen molar-refractivity contribution in [3.05, 3.63) is 35.5 Å². The molecule has 2 fully saturated rings. The van der Waals surface area contributed by atoms with Crippen molar-refractivity contribution in [3.63, 3.8) is 0 Å². The summed E-state index contributed by atoms with van der Waals surface area (Å²) in [6.07, 6.45) is 5.63. The summed E-state index contributed by atoms with van der Waals surface area (Å²) in [7, 11) is -1.17. The summed E-state index contributed by atoms with van der Waals surface area (Å²) < 4.78 is 41.5. The molecule has 2 aliphatic carbocycles. The molecule has 11 nitrogen and oxygen atoms in total. The molecule has 3 heterocycles. The summed E-state index contributed by atoms with van der Waals surface area (Å²) in [6, 6.07) is 3.97. The Morgan fingerprint density at radius 2 is 1.88 bits per heavy atom. The van der Waals surface area contributed by atoms with Crippen LogP contribution in [-0.4, -0.2) is 69.0 Å². The molecule has 4 atom stereocenters. The van der Waals surface area contributed by atoms with E-state index in [9.17, 15) is 18.0 Å². The number of anilines is 1. The second-order valence-corrected chi connectivity index (χ2v) is 13.1. The van der Waals surface area contributed by atoms with E-state index in [2.05, 4.69) is 20.0 Å². The molecular weight excluding hydrogens is 546 g/mol. The van der Waals surface area contributed by atoms with E-state index in [0.29, 0.717) is 42.8 Å². The van der Waals surface area contributed by atoms with Gasteiger partial charge in [-0.3, -0.25) is 4.79 Å². The van der Waals surface area contributed by atoms with Crippen LogP contribution in [-0.2, 0) is 19.6 Å². The third kappa shape index (κ3) is 4.61. The fraction of sp³-hybridized carbons (Fsp3) is 0.517. The molecule has 1 aromatic heterocycles. The number of pyridine rings is 1. The number of rotatable bonds is 6. The van der Waals surface area contributed by atoms with Crippen LogP contribution in [0, 0.1) is 5.92 Å². The van der Waals surface area contributed by atoms with Crippen molar-refractivity contribution in [1.29, 1.82) is 0 Å². The number of alkyl carbamates (subject to hydrolysis) is 1. The smallest absolute Gasteiger partial charge is 0.407 e. The highest BCUT2D eigenvalue weighted by Gasteiger charge is 2.43. The SMILES string of the molecule is COC(=O)N[C@H](C(=O)N1CCC[C@H]1C1=NS(=O)(=O)c2cc(-c3cnc(OC)c4c3C3CCC4C3)ccc2N1)C(C)C. The first kappa shape index (κ1) is 27.5. The van der Waals surface area contributed by atoms with Crippen LogP contribution in [0.15, 0.2) is 33.7 Å². The van der Waals surface area contributed by atoms with E-state index in [1.54, 1.807) is 30.3 Å². The number of hydrogen-bond donors (Lipinski definition) is 2. The zero-order chi connectivity index (χ0) is 29.1. The number of nitrogens with zero attached hydrogens (tertiary/aromatic N) is 3. The topological polar surface area (TPSA) is 139 Å². The van der Waals surface area contributed by atoms with E-state index in [1.807, 2.05) is 19.9 Å². The van der Waals surface area contributed by atoms with E-state index in [1.165, 1.54) is 12.7 Å². The van der Waals surface area contributed by atoms with Crippen LogP contribution >= 0.6 is 0 Å². The van der Waals surface area contributed by atoms with E-state index < -0.39 is 28.2 Å². The summed E-state index contributed by atoms with van der Waals surface area (Å²) >= 11 is 0. The number of aromatic nitrogens is 1. The molecule has 12 heteroatoms. The lowest BCUT2D eigenvalue weighted by Gasteiger charge is -2.32. The number of hydrogen-bond acceptors (Lipinski definition) is 8. The molecule has 0 radical (unpaired) electrons. The molecule has 0 spiro atoms. The summed E-state index contributed by atoms with van der Waals surface area (Å²) in [5, 5.41) is 5.82. The minimum atomic E-state index is -4.05. The minimum Gasteiger partial charge on any atom is -0.481 e. The summed E-state index contributed by atoms with van der Waals surface area (Å²) in [5.74, 6) is 1.23. The first-order chi connectivity index (χ1) is 19.6. The van der Waals surface area contributed by atoms with E-state index >= 15 is 0 Å². The highest BCUT2D eigenvalue weighted by molar-refractivity contribution is 7.90. The first-order valence-corrected chi connectivity index (χ1v) is 15.5. The molecule has 1 saturated carbocycles. The maximum Gasteiger partial charge on any atom is 0.407 e. The van der Waals surface area contributed by atoms with Gasteiger partial charge >= 0.3 is 6.09 Å². The van der Waals surface area contributed by atoms with Gasteiger partial charge in [-0.2, -0.15) is 8.42 Å². The Balaban J connectivity index is 1.31. The maximum atomic E-state index is 13.5. The predicted octanol–water partition coefficient (Wildman–Crippen LogP) is 4.01. The van der Waals surface area contributed by atoms with Gasteiger partial charge in [0.2, 0.25) is 11.8 Å². The Morgan fingerprint density at radius 1 is 1.12 bits per heavy atom. The molecule has 6 rings (SSSR count). The van der Waals surface area contributed by atoms with Gasteiger partial charge in [0, 0.05) is 23.9 Å². The number of amides is 2. The Hall–Kier alpha value is -3.67. The Kier molecular flexibility index (Phi) is 6.91. The number of carbonyl (C=O) groups is 2. The number of carbonyl (C=O) groups excluding carboxylic acids is 2. The normalized spacial score (nSPS) is 24.3. The number of fused-ring (bicyclic) bond motifs is 6. The van der Waals surface area contributed by atoms with Gasteiger partial charge in [-0.1, -0.05) is 19.9 Å². The molecule has 1 saturated heterocycles. The van der Waals surface area contributed by atoms with Gasteiger partial charge in [-0.25, -0.2) is 9.78 Å². The predicted molar refractivity (Wildman–Crippen MR) is 153 cm³/mol. The second-order valence-electron chi connectivity index (χ2n) is 11.6. The average molecular weight is 582 g/mol. The van der Waals surface area contributed by atoms with Crippen molar-refractivity contribution < 1.29 is 27.5 Å². The average Bonchev–Trinajstić information content (AvgIpc) is 3.72. The molecule has 2 aliphatic heterocycles. The van der Waals surface area contributed by atoms with Crippen molar-refractivity contribution in [2.75, 3.05) is 26.1 Å². The van der Waals surface area contributed by atoms with E-state index in [4.69, 9.17) is 9.47 Å². The van der Waals surface area contributed by atoms with Crippen molar-refractivity contribution in [1.82, 2.24) is 15.2 Å². The van der Waals surface area contributed by atoms with Crippen LogP contribution in [0.1, 0.15) is 68.9 Å². The molecule has 4 aliphatic rings. The van der Waals surface area contributed by atoms with Crippen LogP contribution in [0.2, 0.25) is 0 Å². The molecule has 2 unspecified atom stereocenters. The zero-order valence-corrected chi connectivity index (χ0v) is 24.5. The van der Waals surface area contributed by atoms with Gasteiger partial charge in [0.25, 0.3) is 10.0 Å². The number of nitrogens with one attached hydrogen (secondary N) is 2. The van der Waals surface area contributed by atoms with Gasteiger partial charge in [0.15, 0.2) is 0 Å². The molecule has 2 amide bonds. The largest absolute Gasteiger partial charge is 0.481 e. The number of amidine groups is 1. The van der Waals surface area contributed by atoms with Crippen molar-refractivity contribution >= 4 is 33.5 Å². The number of likely N-dealkylation sites (tertiary alicyclic amines) is 1. The highest BCUT2D eigenvalue weighted by Crippen LogP contribution is 2.58. The van der Waals surface area contributed by atoms with Gasteiger partial charge in [0.1, 0.15) is 16.8 Å². The van der Waals surface area contributed by atoms with Crippen LogP contribution in [0.3, 0.4) is 0 Å². The second kappa shape index (κ2) is 10.3. The van der Waals surface area contributed by atoms with E-state index in [-0.39, 0.29) is 22.6 Å². The van der Waals surface area contributed by atoms with Crippen LogP contribution < -0.4 is 15.4 Å². The third-order valence-corrected chi connectivity index (χ3v) is 10.2. The Morgan fingerprint density at radius 3 is 2.59 bits per heavy atom. The maximum absolute atomic E-state index is 13.5. The van der Waals surface area contributed by atoms with E-state index in [0.717, 1.165) is 36.0 Å². The fourth-order valence-corrected chi connectivity index (χ4v) is 8.14. The Bertz CT molecular complexity index is 1550. The van der Waals surface area contributed by atoms with Crippen molar-refractivity contribution in [2.24, 2.45) is 10.3 Å². The van der Waals surface area contributed by atoms with Crippen LogP contribution in [0.5, 0.6) is 5.88 Å². The van der Waals surface area contributed by atoms with Crippen molar-refractivity contribution in [2.45, 2.75) is 74.8 Å². The number of sulfonamides is 1. The quantitative estimate of drug-likeness (QED) is 0.522. The molecule has 2 N–H and O–H groups in total. The zero-order valence-electron chi connectivity index (χ0n) is 23.6. The lowest BCUT2D eigenvalue weighted by molar-refractivity contribution is -0.134. The third-order valence-electron chi connectivity index (χ3n) is 8.86. The molecule has 2 bridgehead atoms. The minimum absolute atomic E-state index is 0.0924. The standard InChI is InChI=1S/C29H35N5O6S/c1-15(2)25(32-29(36)40-4)28(35)34-11-5-6-21(34)26-31-20-10-9-16(13-22(20)41(37,38)33-26)19-14-30-27(39-3)24-18-8-7-17(12-18)23(19)24/h9-10,13-15,17-18,21,25H,5-8,11-12H2,1-4H3,(H,31,33)(H,32,36)/t17?,18?,21-,25-/m0/s1. The van der Waals surface area contributed by atoms with Gasteiger partial charge in [-0.15, -0.1) is 4.40 Å². The summed E-state index contributed by atoms with van der Waals surface area (Å²) in [5.41, 5.74) is 4.52. The van der Waals surface area contributed by atoms with Gasteiger partial charge < -0.3 is 25.0 Å². The highest BCUT2D eigenvalue weighted by atomic mass is 32.2. The molecular formula is C29H35N5O6S. The number of methoxy groups -OCH3 is 2. The Labute approximate surface area is 239 Å². The summed E-state index contributed by atoms with van der Waals surface area (Å²) in [6.45, 7) is 4.09. The number of ether oxygens (including phenoxy) is 2. The fourth-order valence-electron chi connectivity index (χ4n) is 6.94. The van der Waals surface area contributed by atoms with Gasteiger partial charge in [0.05, 0.1) is 25.9 Å². The summed E-state index contributed by atoms with van der Waals surface area (Å²) in [4.78, 5) is 31.6.